The third-order valence-electron chi connectivity index (χ3n) is 2.49. The highest BCUT2D eigenvalue weighted by atomic mass is 16.6. The molecule has 5 N–H and O–H groups in total. The Balaban J connectivity index is 2.42. The van der Waals surface area contributed by atoms with E-state index in [0.717, 1.165) is 5.56 Å². The van der Waals surface area contributed by atoms with Crippen LogP contribution in [0.25, 0.3) is 0 Å². The highest BCUT2D eigenvalue weighted by Gasteiger charge is 2.30. The molecule has 0 spiro atoms. The lowest BCUT2D eigenvalue weighted by Crippen LogP contribution is -2.46. The van der Waals surface area contributed by atoms with E-state index in [1.165, 1.54) is 0 Å². The summed E-state index contributed by atoms with van der Waals surface area (Å²) in [6.45, 7) is -0.662. The Morgan fingerprint density at radius 3 is 2.11 bits per heavy atom. The van der Waals surface area contributed by atoms with E-state index in [4.69, 9.17) is 14.9 Å². The van der Waals surface area contributed by atoms with E-state index in [-0.39, 0.29) is 6.61 Å². The predicted octanol–water partition coefficient (Wildman–Crippen LogP) is -1.40. The second kappa shape index (κ2) is 7.42. The number of aliphatic hydroxyl groups excluding tert-OH is 5. The molecule has 0 amide bonds. The molecular weight excluding hydrogens is 240 g/mol. The third kappa shape index (κ3) is 4.34. The van der Waals surface area contributed by atoms with Gasteiger partial charge in [0.05, 0.1) is 13.2 Å². The molecule has 0 aromatic heterocycles. The smallest absolute Gasteiger partial charge is 0.183 e. The standard InChI is InChI=1S/C12H18O6/c13-6-9(14)10(15)11(16)12(17)18-7-8-4-2-1-3-5-8/h1-5,9-17H,6-7H2/t9-,10-,11-,12?/m0/s1. The van der Waals surface area contributed by atoms with Crippen LogP contribution >= 0.6 is 0 Å². The monoisotopic (exact) mass is 258 g/mol. The van der Waals surface area contributed by atoms with Crippen LogP contribution in [0.15, 0.2) is 30.3 Å². The molecule has 6 nitrogen and oxygen atoms in total. The summed E-state index contributed by atoms with van der Waals surface area (Å²) < 4.78 is 4.96. The van der Waals surface area contributed by atoms with Crippen molar-refractivity contribution in [1.82, 2.24) is 0 Å². The number of ether oxygens (including phenoxy) is 1. The van der Waals surface area contributed by atoms with Gasteiger partial charge >= 0.3 is 0 Å². The van der Waals surface area contributed by atoms with E-state index in [2.05, 4.69) is 0 Å². The zero-order chi connectivity index (χ0) is 13.5. The molecule has 0 aliphatic heterocycles. The van der Waals surface area contributed by atoms with Crippen molar-refractivity contribution < 1.29 is 30.3 Å². The molecule has 0 saturated heterocycles. The van der Waals surface area contributed by atoms with Gasteiger partial charge in [0.2, 0.25) is 0 Å². The third-order valence-corrected chi connectivity index (χ3v) is 2.49. The Morgan fingerprint density at radius 1 is 0.944 bits per heavy atom. The second-order valence-corrected chi connectivity index (χ2v) is 3.92. The molecule has 0 aliphatic rings. The first-order valence-electron chi connectivity index (χ1n) is 5.55. The van der Waals surface area contributed by atoms with Crippen LogP contribution in [0, 0.1) is 0 Å². The van der Waals surface area contributed by atoms with Crippen molar-refractivity contribution in [2.24, 2.45) is 0 Å². The summed E-state index contributed by atoms with van der Waals surface area (Å²) in [5.41, 5.74) is 0.793. The maximum Gasteiger partial charge on any atom is 0.183 e. The van der Waals surface area contributed by atoms with Crippen molar-refractivity contribution >= 4 is 0 Å². The topological polar surface area (TPSA) is 110 Å². The highest BCUT2D eigenvalue weighted by molar-refractivity contribution is 5.13. The lowest BCUT2D eigenvalue weighted by molar-refractivity contribution is -0.209. The summed E-state index contributed by atoms with van der Waals surface area (Å²) in [5.74, 6) is 0. The van der Waals surface area contributed by atoms with Crippen LogP contribution in [0.5, 0.6) is 0 Å². The van der Waals surface area contributed by atoms with Gasteiger partial charge in [0.1, 0.15) is 18.3 Å². The molecule has 1 aromatic carbocycles. The number of hydrogen-bond donors (Lipinski definition) is 5. The molecule has 0 aliphatic carbocycles. The van der Waals surface area contributed by atoms with Crippen molar-refractivity contribution in [3.63, 3.8) is 0 Å². The van der Waals surface area contributed by atoms with E-state index in [1.807, 2.05) is 6.07 Å². The molecule has 1 aromatic rings. The average molecular weight is 258 g/mol. The van der Waals surface area contributed by atoms with Gasteiger partial charge in [0, 0.05) is 0 Å². The van der Waals surface area contributed by atoms with E-state index >= 15 is 0 Å². The van der Waals surface area contributed by atoms with Crippen LogP contribution in [0.2, 0.25) is 0 Å². The molecule has 0 saturated carbocycles. The van der Waals surface area contributed by atoms with E-state index in [9.17, 15) is 15.3 Å². The van der Waals surface area contributed by atoms with Crippen molar-refractivity contribution in [1.29, 1.82) is 0 Å². The molecule has 18 heavy (non-hydrogen) atoms. The number of hydrogen-bond acceptors (Lipinski definition) is 6. The lowest BCUT2D eigenvalue weighted by Gasteiger charge is -2.25. The van der Waals surface area contributed by atoms with Gasteiger partial charge in [-0.25, -0.2) is 0 Å². The minimum Gasteiger partial charge on any atom is -0.394 e. The quantitative estimate of drug-likeness (QED) is 0.385. The summed E-state index contributed by atoms with van der Waals surface area (Å²) in [6, 6.07) is 8.98. The summed E-state index contributed by atoms with van der Waals surface area (Å²) in [4.78, 5) is 0. The molecule has 0 radical (unpaired) electrons. The van der Waals surface area contributed by atoms with Crippen LogP contribution in [0.3, 0.4) is 0 Å². The first-order chi connectivity index (χ1) is 8.56. The van der Waals surface area contributed by atoms with Crippen LogP contribution in [-0.2, 0) is 11.3 Å². The molecule has 4 atom stereocenters. The largest absolute Gasteiger partial charge is 0.394 e. The Kier molecular flexibility index (Phi) is 6.20. The first-order valence-corrected chi connectivity index (χ1v) is 5.55. The summed E-state index contributed by atoms with van der Waals surface area (Å²) >= 11 is 0. The van der Waals surface area contributed by atoms with Crippen molar-refractivity contribution in [2.75, 3.05) is 6.61 Å². The molecule has 0 heterocycles. The second-order valence-electron chi connectivity index (χ2n) is 3.92. The molecule has 0 bridgehead atoms. The maximum atomic E-state index is 9.47. The summed E-state index contributed by atoms with van der Waals surface area (Å²) in [6.07, 6.45) is -6.56. The zero-order valence-electron chi connectivity index (χ0n) is 9.75. The zero-order valence-corrected chi connectivity index (χ0v) is 9.75. The Bertz CT molecular complexity index is 331. The van der Waals surface area contributed by atoms with E-state index < -0.39 is 31.2 Å². The van der Waals surface area contributed by atoms with Gasteiger partial charge in [-0.3, -0.25) is 0 Å². The first kappa shape index (κ1) is 15.0. The SMILES string of the molecule is OC[C@H](O)[C@H](O)[C@H](O)C(O)OCc1ccccc1. The Morgan fingerprint density at radius 2 is 1.56 bits per heavy atom. The van der Waals surface area contributed by atoms with Gasteiger partial charge in [0.15, 0.2) is 6.29 Å². The molecule has 102 valence electrons. The molecule has 6 heteroatoms. The fourth-order valence-corrected chi connectivity index (χ4v) is 1.36. The Labute approximate surface area is 105 Å². The van der Waals surface area contributed by atoms with Crippen LogP contribution in [-0.4, -0.2) is 56.7 Å². The van der Waals surface area contributed by atoms with Gasteiger partial charge in [0.25, 0.3) is 0 Å². The van der Waals surface area contributed by atoms with Crippen LogP contribution < -0.4 is 0 Å². The minimum absolute atomic E-state index is 0.0566. The summed E-state index contributed by atoms with van der Waals surface area (Å²) in [5, 5.41) is 46.0. The molecular formula is C12H18O6. The number of benzene rings is 1. The van der Waals surface area contributed by atoms with Gasteiger partial charge < -0.3 is 30.3 Å². The molecule has 1 unspecified atom stereocenters. The van der Waals surface area contributed by atoms with Gasteiger partial charge in [-0.2, -0.15) is 0 Å². The van der Waals surface area contributed by atoms with E-state index in [1.54, 1.807) is 24.3 Å². The van der Waals surface area contributed by atoms with Crippen molar-refractivity contribution in [2.45, 2.75) is 31.2 Å². The number of aliphatic hydroxyl groups is 5. The minimum atomic E-state index is -1.70. The van der Waals surface area contributed by atoms with Crippen LogP contribution in [0.1, 0.15) is 5.56 Å². The fourth-order valence-electron chi connectivity index (χ4n) is 1.36. The van der Waals surface area contributed by atoms with Gasteiger partial charge in [-0.1, -0.05) is 30.3 Å². The molecule has 0 fully saturated rings. The summed E-state index contributed by atoms with van der Waals surface area (Å²) in [7, 11) is 0. The highest BCUT2D eigenvalue weighted by Crippen LogP contribution is 2.09. The predicted molar refractivity (Wildman–Crippen MR) is 62.3 cm³/mol. The van der Waals surface area contributed by atoms with Crippen LogP contribution in [0.4, 0.5) is 0 Å². The molecule has 1 rings (SSSR count). The van der Waals surface area contributed by atoms with Crippen molar-refractivity contribution in [3.8, 4) is 0 Å². The van der Waals surface area contributed by atoms with Gasteiger partial charge in [-0.15, -0.1) is 0 Å². The average Bonchev–Trinajstić information content (AvgIpc) is 2.43. The maximum absolute atomic E-state index is 9.47. The lowest BCUT2D eigenvalue weighted by atomic mass is 10.1. The normalized spacial score (nSPS) is 18.1. The number of rotatable bonds is 7. The van der Waals surface area contributed by atoms with Gasteiger partial charge in [-0.05, 0) is 5.56 Å². The fraction of sp³-hybridized carbons (Fsp3) is 0.500. The van der Waals surface area contributed by atoms with Crippen molar-refractivity contribution in [3.05, 3.63) is 35.9 Å². The van der Waals surface area contributed by atoms with E-state index in [0.29, 0.717) is 0 Å². The Hall–Kier alpha value is -1.02.